The Kier molecular flexibility index (Phi) is 7.11. The van der Waals surface area contributed by atoms with E-state index in [4.69, 9.17) is 4.98 Å². The number of benzene rings is 1. The standard InChI is InChI=1S/C26H33N3OS/c1-7-18-10-8-9-16(2)23(18)29-24(30)17(3)31-25-20(15-27)13-19-14-21(26(4,5)6)11-12-22(19)28-25/h8-10,13,17,21H,7,11-12,14H2,1-6H3,(H,29,30). The lowest BCUT2D eigenvalue weighted by atomic mass is 9.71. The van der Waals surface area contributed by atoms with Crippen LogP contribution in [0.2, 0.25) is 0 Å². The second-order valence-electron chi connectivity index (χ2n) is 9.58. The van der Waals surface area contributed by atoms with Gasteiger partial charge in [-0.15, -0.1) is 0 Å². The van der Waals surface area contributed by atoms with Gasteiger partial charge in [0.05, 0.1) is 10.8 Å². The maximum absolute atomic E-state index is 12.9. The van der Waals surface area contributed by atoms with Gasteiger partial charge in [-0.3, -0.25) is 4.79 Å². The second kappa shape index (κ2) is 9.44. The number of hydrogen-bond acceptors (Lipinski definition) is 4. The number of nitriles is 1. The molecule has 0 bridgehead atoms. The van der Waals surface area contributed by atoms with Gasteiger partial charge in [0, 0.05) is 11.4 Å². The van der Waals surface area contributed by atoms with Gasteiger partial charge in [0.15, 0.2) is 0 Å². The van der Waals surface area contributed by atoms with Gasteiger partial charge in [-0.05, 0) is 73.6 Å². The van der Waals surface area contributed by atoms with Crippen LogP contribution < -0.4 is 5.32 Å². The fourth-order valence-electron chi connectivity index (χ4n) is 4.20. The molecule has 2 unspecified atom stereocenters. The maximum atomic E-state index is 12.9. The minimum atomic E-state index is -0.354. The quantitative estimate of drug-likeness (QED) is 0.577. The summed E-state index contributed by atoms with van der Waals surface area (Å²) in [5, 5.41) is 13.1. The molecule has 1 aromatic carbocycles. The lowest BCUT2D eigenvalue weighted by molar-refractivity contribution is -0.115. The third kappa shape index (κ3) is 5.30. The number of carbonyl (C=O) groups is 1. The van der Waals surface area contributed by atoms with Crippen LogP contribution in [0, 0.1) is 29.6 Å². The molecule has 1 aliphatic carbocycles. The zero-order valence-corrected chi connectivity index (χ0v) is 20.3. The largest absolute Gasteiger partial charge is 0.325 e. The SMILES string of the molecule is CCc1cccc(C)c1NC(=O)C(C)Sc1nc2c(cc1C#N)CC(C(C)(C)C)CC2. The Balaban J connectivity index is 1.78. The molecule has 31 heavy (non-hydrogen) atoms. The average molecular weight is 436 g/mol. The molecule has 2 atom stereocenters. The van der Waals surface area contributed by atoms with E-state index in [1.807, 2.05) is 38.1 Å². The molecule has 2 aromatic rings. The number of rotatable bonds is 5. The fraction of sp³-hybridized carbons (Fsp3) is 0.500. The summed E-state index contributed by atoms with van der Waals surface area (Å²) in [7, 11) is 0. The van der Waals surface area contributed by atoms with Crippen LogP contribution in [0.4, 0.5) is 5.69 Å². The van der Waals surface area contributed by atoms with Gasteiger partial charge in [0.25, 0.3) is 0 Å². The number of fused-ring (bicyclic) bond motifs is 1. The summed E-state index contributed by atoms with van der Waals surface area (Å²) in [5.41, 5.74) is 6.18. The van der Waals surface area contributed by atoms with Crippen LogP contribution in [0.25, 0.3) is 0 Å². The predicted molar refractivity (Wildman–Crippen MR) is 128 cm³/mol. The number of hydrogen-bond donors (Lipinski definition) is 1. The molecule has 0 saturated carbocycles. The van der Waals surface area contributed by atoms with E-state index in [2.05, 4.69) is 39.1 Å². The van der Waals surface area contributed by atoms with Crippen molar-refractivity contribution in [1.82, 2.24) is 4.98 Å². The van der Waals surface area contributed by atoms with E-state index in [0.717, 1.165) is 48.2 Å². The van der Waals surface area contributed by atoms with E-state index < -0.39 is 0 Å². The maximum Gasteiger partial charge on any atom is 0.237 e. The molecule has 0 radical (unpaired) electrons. The van der Waals surface area contributed by atoms with Crippen LogP contribution in [0.5, 0.6) is 0 Å². The Labute approximate surface area is 190 Å². The molecular formula is C26H33N3OS. The molecular weight excluding hydrogens is 402 g/mol. The Morgan fingerprint density at radius 2 is 2.13 bits per heavy atom. The van der Waals surface area contributed by atoms with E-state index >= 15 is 0 Å². The van der Waals surface area contributed by atoms with Gasteiger partial charge in [-0.1, -0.05) is 57.7 Å². The van der Waals surface area contributed by atoms with Crippen molar-refractivity contribution in [3.63, 3.8) is 0 Å². The Morgan fingerprint density at radius 1 is 1.39 bits per heavy atom. The third-order valence-electron chi connectivity index (χ3n) is 6.34. The molecule has 3 rings (SSSR count). The summed E-state index contributed by atoms with van der Waals surface area (Å²) < 4.78 is 0. The Bertz CT molecular complexity index is 1020. The highest BCUT2D eigenvalue weighted by atomic mass is 32.2. The van der Waals surface area contributed by atoms with Gasteiger partial charge < -0.3 is 5.32 Å². The van der Waals surface area contributed by atoms with Crippen molar-refractivity contribution in [2.45, 2.75) is 77.5 Å². The van der Waals surface area contributed by atoms with Gasteiger partial charge in [0.2, 0.25) is 5.91 Å². The number of thioether (sulfide) groups is 1. The van der Waals surface area contributed by atoms with Crippen LogP contribution in [0.15, 0.2) is 29.3 Å². The first kappa shape index (κ1) is 23.3. The molecule has 1 aromatic heterocycles. The van der Waals surface area contributed by atoms with Gasteiger partial charge in [-0.2, -0.15) is 5.26 Å². The topological polar surface area (TPSA) is 65.8 Å². The lowest BCUT2D eigenvalue weighted by Gasteiger charge is -2.34. The highest BCUT2D eigenvalue weighted by molar-refractivity contribution is 8.00. The van der Waals surface area contributed by atoms with Crippen LogP contribution in [-0.2, 0) is 24.1 Å². The number of pyridine rings is 1. The minimum absolute atomic E-state index is 0.0646. The molecule has 0 fully saturated rings. The summed E-state index contributed by atoms with van der Waals surface area (Å²) in [6.07, 6.45) is 3.87. The summed E-state index contributed by atoms with van der Waals surface area (Å²) in [5.74, 6) is 0.531. The number of amides is 1. The smallest absolute Gasteiger partial charge is 0.237 e. The van der Waals surface area contributed by atoms with Crippen LogP contribution in [0.3, 0.4) is 0 Å². The molecule has 0 spiro atoms. The van der Waals surface area contributed by atoms with Crippen molar-refractivity contribution in [3.05, 3.63) is 52.2 Å². The molecule has 5 heteroatoms. The molecule has 1 aliphatic rings. The molecule has 0 aliphatic heterocycles. The number of nitrogens with one attached hydrogen (secondary N) is 1. The number of anilines is 1. The minimum Gasteiger partial charge on any atom is -0.325 e. The number of carbonyl (C=O) groups excluding carboxylic acids is 1. The predicted octanol–water partition coefficient (Wildman–Crippen LogP) is 6.09. The average Bonchev–Trinajstić information content (AvgIpc) is 2.73. The van der Waals surface area contributed by atoms with Crippen LogP contribution in [-0.4, -0.2) is 16.1 Å². The van der Waals surface area contributed by atoms with E-state index in [1.54, 1.807) is 0 Å². The summed E-state index contributed by atoms with van der Waals surface area (Å²) >= 11 is 1.37. The lowest BCUT2D eigenvalue weighted by Crippen LogP contribution is -2.28. The molecule has 4 nitrogen and oxygen atoms in total. The summed E-state index contributed by atoms with van der Waals surface area (Å²) in [6, 6.07) is 10.4. The van der Waals surface area contributed by atoms with Crippen molar-refractivity contribution in [1.29, 1.82) is 5.26 Å². The highest BCUT2D eigenvalue weighted by Gasteiger charge is 2.30. The summed E-state index contributed by atoms with van der Waals surface area (Å²) in [4.78, 5) is 17.8. The Morgan fingerprint density at radius 3 is 2.77 bits per heavy atom. The van der Waals surface area contributed by atoms with E-state index in [0.29, 0.717) is 16.5 Å². The van der Waals surface area contributed by atoms with Gasteiger partial charge in [-0.25, -0.2) is 4.98 Å². The van der Waals surface area contributed by atoms with E-state index in [9.17, 15) is 10.1 Å². The number of aryl methyl sites for hydroxylation is 3. The zero-order valence-electron chi connectivity index (χ0n) is 19.5. The van der Waals surface area contributed by atoms with Crippen molar-refractivity contribution in [2.75, 3.05) is 5.32 Å². The van der Waals surface area contributed by atoms with Gasteiger partial charge in [0.1, 0.15) is 11.1 Å². The first-order chi connectivity index (χ1) is 14.6. The normalized spacial score (nSPS) is 16.9. The van der Waals surface area contributed by atoms with Crippen LogP contribution >= 0.6 is 11.8 Å². The van der Waals surface area contributed by atoms with E-state index in [1.165, 1.54) is 17.3 Å². The zero-order chi connectivity index (χ0) is 22.8. The molecule has 1 N–H and O–H groups in total. The van der Waals surface area contributed by atoms with Crippen LogP contribution in [0.1, 0.15) is 69.0 Å². The second-order valence-corrected chi connectivity index (χ2v) is 10.9. The number of aromatic nitrogens is 1. The molecule has 1 heterocycles. The Hall–Kier alpha value is -2.32. The van der Waals surface area contributed by atoms with Crippen molar-refractivity contribution >= 4 is 23.4 Å². The molecule has 164 valence electrons. The first-order valence-electron chi connectivity index (χ1n) is 11.1. The highest BCUT2D eigenvalue weighted by Crippen LogP contribution is 2.38. The van der Waals surface area contributed by atoms with Crippen molar-refractivity contribution in [3.8, 4) is 6.07 Å². The van der Waals surface area contributed by atoms with Crippen molar-refractivity contribution in [2.24, 2.45) is 11.3 Å². The number of para-hydroxylation sites is 1. The van der Waals surface area contributed by atoms with E-state index in [-0.39, 0.29) is 16.6 Å². The molecule has 0 saturated heterocycles. The summed E-state index contributed by atoms with van der Waals surface area (Å²) in [6.45, 7) is 12.8. The van der Waals surface area contributed by atoms with Crippen molar-refractivity contribution < 1.29 is 4.79 Å². The third-order valence-corrected chi connectivity index (χ3v) is 7.45. The number of nitrogens with zero attached hydrogens (tertiary/aromatic N) is 2. The molecule has 1 amide bonds. The first-order valence-corrected chi connectivity index (χ1v) is 12.0. The van der Waals surface area contributed by atoms with Gasteiger partial charge >= 0.3 is 0 Å². The monoisotopic (exact) mass is 435 g/mol. The fourth-order valence-corrected chi connectivity index (χ4v) is 5.10.